The van der Waals surface area contributed by atoms with Gasteiger partial charge in [-0.05, 0) is 42.8 Å². The summed E-state index contributed by atoms with van der Waals surface area (Å²) in [4.78, 5) is 24.6. The summed E-state index contributed by atoms with van der Waals surface area (Å²) in [6.07, 6.45) is 2.57. The molecule has 0 spiro atoms. The summed E-state index contributed by atoms with van der Waals surface area (Å²) in [7, 11) is -4.11. The van der Waals surface area contributed by atoms with Crippen molar-refractivity contribution >= 4 is 61.7 Å². The van der Waals surface area contributed by atoms with Crippen LogP contribution in [-0.2, 0) is 19.4 Å². The highest BCUT2D eigenvalue weighted by Gasteiger charge is 2.33. The lowest BCUT2D eigenvalue weighted by atomic mass is 10.2. The van der Waals surface area contributed by atoms with Crippen molar-refractivity contribution in [3.8, 4) is 6.07 Å². The SMILES string of the molecule is CC(=O)Nc1ccc(/C=C2/SC(=S)N(/C=C(\C#N)S(=O)(=O)c3ccc(C)cc3)C2=O)cc1. The van der Waals surface area contributed by atoms with E-state index in [2.05, 4.69) is 5.32 Å². The lowest BCUT2D eigenvalue weighted by Crippen LogP contribution is -2.23. The van der Waals surface area contributed by atoms with E-state index < -0.39 is 20.6 Å². The minimum Gasteiger partial charge on any atom is -0.326 e. The Morgan fingerprint density at radius 1 is 1.16 bits per heavy atom. The predicted molar refractivity (Wildman–Crippen MR) is 128 cm³/mol. The van der Waals surface area contributed by atoms with E-state index >= 15 is 0 Å². The number of rotatable bonds is 5. The molecule has 1 heterocycles. The maximum absolute atomic E-state index is 12.8. The van der Waals surface area contributed by atoms with Gasteiger partial charge in [-0.25, -0.2) is 8.42 Å². The van der Waals surface area contributed by atoms with E-state index in [1.807, 2.05) is 6.92 Å². The first-order chi connectivity index (χ1) is 15.1. The fraction of sp³-hybridized carbons (Fsp3) is 0.0909. The van der Waals surface area contributed by atoms with Gasteiger partial charge in [-0.15, -0.1) is 0 Å². The van der Waals surface area contributed by atoms with Gasteiger partial charge in [-0.1, -0.05) is 53.8 Å². The molecule has 1 fully saturated rings. The molecular formula is C22H17N3O4S3. The number of allylic oxidation sites excluding steroid dienone is 1. The number of benzene rings is 2. The van der Waals surface area contributed by atoms with Crippen LogP contribution in [0.15, 0.2) is 69.4 Å². The molecular weight excluding hydrogens is 466 g/mol. The molecule has 1 N–H and O–H groups in total. The van der Waals surface area contributed by atoms with Gasteiger partial charge in [0.05, 0.1) is 9.80 Å². The zero-order valence-electron chi connectivity index (χ0n) is 17.0. The van der Waals surface area contributed by atoms with Gasteiger partial charge in [0.15, 0.2) is 9.23 Å². The summed E-state index contributed by atoms with van der Waals surface area (Å²) in [5.74, 6) is -0.725. The second-order valence-corrected chi connectivity index (χ2v) is 10.4. The van der Waals surface area contributed by atoms with Crippen molar-refractivity contribution in [2.75, 3.05) is 5.32 Å². The average Bonchev–Trinajstić information content (AvgIpc) is 3.00. The number of sulfone groups is 1. The molecule has 1 aliphatic heterocycles. The minimum atomic E-state index is -4.11. The number of nitriles is 1. The smallest absolute Gasteiger partial charge is 0.270 e. The number of hydrogen-bond acceptors (Lipinski definition) is 7. The fourth-order valence-corrected chi connectivity index (χ4v) is 5.05. The zero-order chi connectivity index (χ0) is 23.5. The molecule has 0 radical (unpaired) electrons. The number of carbonyl (C=O) groups excluding carboxylic acids is 2. The third-order valence-electron chi connectivity index (χ3n) is 4.33. The van der Waals surface area contributed by atoms with E-state index in [0.717, 1.165) is 28.4 Å². The van der Waals surface area contributed by atoms with E-state index in [1.54, 1.807) is 48.5 Å². The van der Waals surface area contributed by atoms with Gasteiger partial charge >= 0.3 is 0 Å². The molecule has 0 bridgehead atoms. The Labute approximate surface area is 195 Å². The van der Waals surface area contributed by atoms with Gasteiger partial charge in [0.1, 0.15) is 6.07 Å². The molecule has 1 saturated heterocycles. The van der Waals surface area contributed by atoms with Crippen LogP contribution in [0.5, 0.6) is 0 Å². The molecule has 162 valence electrons. The maximum Gasteiger partial charge on any atom is 0.270 e. The average molecular weight is 484 g/mol. The molecule has 10 heteroatoms. The summed E-state index contributed by atoms with van der Waals surface area (Å²) >= 11 is 6.24. The number of nitrogens with one attached hydrogen (secondary N) is 1. The molecule has 0 atom stereocenters. The Kier molecular flexibility index (Phi) is 6.93. The summed E-state index contributed by atoms with van der Waals surface area (Å²) in [5.41, 5.74) is 2.18. The summed E-state index contributed by atoms with van der Waals surface area (Å²) in [6.45, 7) is 3.22. The van der Waals surface area contributed by atoms with E-state index in [1.165, 1.54) is 19.1 Å². The fourth-order valence-electron chi connectivity index (χ4n) is 2.73. The minimum absolute atomic E-state index is 0.0452. The van der Waals surface area contributed by atoms with Crippen molar-refractivity contribution in [2.45, 2.75) is 18.7 Å². The van der Waals surface area contributed by atoms with Gasteiger partial charge in [0.25, 0.3) is 5.91 Å². The first-order valence-electron chi connectivity index (χ1n) is 9.20. The summed E-state index contributed by atoms with van der Waals surface area (Å²) in [5, 5.41) is 12.1. The van der Waals surface area contributed by atoms with Crippen LogP contribution in [0.25, 0.3) is 6.08 Å². The molecule has 32 heavy (non-hydrogen) atoms. The normalized spacial score (nSPS) is 15.7. The summed E-state index contributed by atoms with van der Waals surface area (Å²) < 4.78 is 25.8. The van der Waals surface area contributed by atoms with E-state index in [0.29, 0.717) is 11.3 Å². The van der Waals surface area contributed by atoms with Crippen LogP contribution in [0.1, 0.15) is 18.1 Å². The highest BCUT2D eigenvalue weighted by molar-refractivity contribution is 8.26. The van der Waals surface area contributed by atoms with Crippen molar-refractivity contribution in [3.63, 3.8) is 0 Å². The Bertz CT molecular complexity index is 1300. The third-order valence-corrected chi connectivity index (χ3v) is 7.33. The Morgan fingerprint density at radius 2 is 1.78 bits per heavy atom. The van der Waals surface area contributed by atoms with Crippen molar-refractivity contribution in [1.29, 1.82) is 5.26 Å². The van der Waals surface area contributed by atoms with Crippen molar-refractivity contribution in [2.24, 2.45) is 0 Å². The van der Waals surface area contributed by atoms with Crippen molar-refractivity contribution < 1.29 is 18.0 Å². The van der Waals surface area contributed by atoms with Crippen molar-refractivity contribution in [1.82, 2.24) is 4.90 Å². The number of carbonyl (C=O) groups is 2. The van der Waals surface area contributed by atoms with E-state index in [4.69, 9.17) is 12.2 Å². The lowest BCUT2D eigenvalue weighted by molar-refractivity contribution is -0.120. The second-order valence-electron chi connectivity index (χ2n) is 6.78. The van der Waals surface area contributed by atoms with Crippen LogP contribution in [0.3, 0.4) is 0 Å². The Hall–Kier alpha value is -3.26. The number of thioether (sulfide) groups is 1. The topological polar surface area (TPSA) is 107 Å². The third kappa shape index (κ3) is 5.13. The van der Waals surface area contributed by atoms with Crippen LogP contribution in [0.2, 0.25) is 0 Å². The summed E-state index contributed by atoms with van der Waals surface area (Å²) in [6, 6.07) is 14.6. The number of hydrogen-bond donors (Lipinski definition) is 1. The number of amides is 2. The number of nitrogens with zero attached hydrogens (tertiary/aromatic N) is 2. The van der Waals surface area contributed by atoms with Crippen molar-refractivity contribution in [3.05, 3.63) is 75.7 Å². The largest absolute Gasteiger partial charge is 0.326 e. The van der Waals surface area contributed by atoms with Crippen LogP contribution in [0, 0.1) is 18.3 Å². The molecule has 0 aromatic heterocycles. The molecule has 0 saturated carbocycles. The molecule has 1 aliphatic rings. The molecule has 3 rings (SSSR count). The molecule has 2 amide bonds. The Balaban J connectivity index is 1.88. The molecule has 0 aliphatic carbocycles. The van der Waals surface area contributed by atoms with E-state index in [9.17, 15) is 23.3 Å². The van der Waals surface area contributed by atoms with Crippen LogP contribution >= 0.6 is 24.0 Å². The van der Waals surface area contributed by atoms with Crippen LogP contribution in [0.4, 0.5) is 5.69 Å². The zero-order valence-corrected chi connectivity index (χ0v) is 19.5. The van der Waals surface area contributed by atoms with Crippen LogP contribution in [-0.4, -0.2) is 29.5 Å². The first kappa shape index (κ1) is 23.4. The monoisotopic (exact) mass is 483 g/mol. The van der Waals surface area contributed by atoms with Crippen LogP contribution < -0.4 is 5.32 Å². The predicted octanol–water partition coefficient (Wildman–Crippen LogP) is 3.99. The molecule has 2 aromatic rings. The van der Waals surface area contributed by atoms with Gasteiger partial charge in [-0.3, -0.25) is 14.5 Å². The number of aryl methyl sites for hydroxylation is 1. The highest BCUT2D eigenvalue weighted by Crippen LogP contribution is 2.34. The second kappa shape index (κ2) is 9.48. The van der Waals surface area contributed by atoms with Gasteiger partial charge < -0.3 is 5.32 Å². The molecule has 0 unspecified atom stereocenters. The first-order valence-corrected chi connectivity index (χ1v) is 11.9. The molecule has 7 nitrogen and oxygen atoms in total. The van der Waals surface area contributed by atoms with E-state index in [-0.39, 0.29) is 20.0 Å². The maximum atomic E-state index is 12.8. The quantitative estimate of drug-likeness (QED) is 0.389. The van der Waals surface area contributed by atoms with Gasteiger partial charge in [0, 0.05) is 18.8 Å². The lowest BCUT2D eigenvalue weighted by Gasteiger charge is -2.10. The number of anilines is 1. The number of thiocarbonyl (C=S) groups is 1. The highest BCUT2D eigenvalue weighted by atomic mass is 32.2. The molecule has 2 aromatic carbocycles. The van der Waals surface area contributed by atoms with Gasteiger partial charge in [0.2, 0.25) is 15.7 Å². The Morgan fingerprint density at radius 3 is 2.34 bits per heavy atom. The van der Waals surface area contributed by atoms with Gasteiger partial charge in [-0.2, -0.15) is 5.26 Å². The standard InChI is InChI=1S/C22H17N3O4S3/c1-14-3-9-18(10-4-14)32(28,29)19(12-23)13-25-21(27)20(31-22(25)30)11-16-5-7-17(8-6-16)24-15(2)26/h3-11,13H,1-2H3,(H,24,26)/b19-13+,20-11+.